The van der Waals surface area contributed by atoms with Crippen LogP contribution in [0.2, 0.25) is 10.2 Å². The fraction of sp³-hybridized carbons (Fsp3) is 0.222. The van der Waals surface area contributed by atoms with Crippen molar-refractivity contribution in [3.8, 4) is 0 Å². The molecule has 0 aromatic carbocycles. The molecule has 2 aromatic heterocycles. The molecular weight excluding hydrogens is 283 g/mol. The van der Waals surface area contributed by atoms with Gasteiger partial charge in [-0.25, -0.2) is 4.98 Å². The van der Waals surface area contributed by atoms with Crippen molar-refractivity contribution in [2.45, 2.75) is 17.5 Å². The monoisotopic (exact) mass is 290 g/mol. The van der Waals surface area contributed by atoms with Crippen LogP contribution in [0.25, 0.3) is 0 Å². The summed E-state index contributed by atoms with van der Waals surface area (Å²) in [7, 11) is 0. The van der Waals surface area contributed by atoms with Gasteiger partial charge in [-0.15, -0.1) is 10.2 Å². The summed E-state index contributed by atoms with van der Waals surface area (Å²) in [5.41, 5.74) is 6.22. The van der Waals surface area contributed by atoms with Crippen LogP contribution in [-0.4, -0.2) is 15.2 Å². The van der Waals surface area contributed by atoms with Crippen LogP contribution in [0.1, 0.15) is 11.5 Å². The van der Waals surface area contributed by atoms with Crippen LogP contribution in [0.3, 0.4) is 0 Å². The Hall–Kier alpha value is -0.820. The van der Waals surface area contributed by atoms with Crippen molar-refractivity contribution in [3.63, 3.8) is 0 Å². The van der Waals surface area contributed by atoms with Gasteiger partial charge in [-0.3, -0.25) is 0 Å². The van der Waals surface area contributed by atoms with Crippen molar-refractivity contribution in [3.05, 3.63) is 33.9 Å². The van der Waals surface area contributed by atoms with Gasteiger partial charge in [0.05, 0.1) is 6.54 Å². The number of aromatic nitrogens is 3. The molecule has 90 valence electrons. The number of nitrogens with two attached hydrogens (primary N) is 1. The van der Waals surface area contributed by atoms with E-state index in [2.05, 4.69) is 15.2 Å². The van der Waals surface area contributed by atoms with E-state index in [0.717, 1.165) is 5.56 Å². The summed E-state index contributed by atoms with van der Waals surface area (Å²) >= 11 is 13.1. The zero-order valence-electron chi connectivity index (χ0n) is 8.56. The highest BCUT2D eigenvalue weighted by atomic mass is 35.5. The van der Waals surface area contributed by atoms with E-state index in [1.165, 1.54) is 11.8 Å². The highest BCUT2D eigenvalue weighted by Crippen LogP contribution is 2.26. The molecule has 0 aliphatic heterocycles. The SMILES string of the molecule is NCc1nnc(SCc2cnc(Cl)cc2Cl)o1. The quantitative estimate of drug-likeness (QED) is 0.689. The van der Waals surface area contributed by atoms with Crippen molar-refractivity contribution in [1.29, 1.82) is 0 Å². The van der Waals surface area contributed by atoms with Crippen molar-refractivity contribution in [2.24, 2.45) is 5.73 Å². The van der Waals surface area contributed by atoms with Gasteiger partial charge in [0.2, 0.25) is 5.89 Å². The van der Waals surface area contributed by atoms with Crippen LogP contribution in [-0.2, 0) is 12.3 Å². The number of halogens is 2. The summed E-state index contributed by atoms with van der Waals surface area (Å²) in [6, 6.07) is 1.60. The Bertz CT molecular complexity index is 519. The third kappa shape index (κ3) is 3.32. The minimum absolute atomic E-state index is 0.233. The van der Waals surface area contributed by atoms with Crippen molar-refractivity contribution < 1.29 is 4.42 Å². The topological polar surface area (TPSA) is 77.8 Å². The minimum atomic E-state index is 0.233. The molecule has 2 rings (SSSR count). The molecule has 0 bridgehead atoms. The largest absolute Gasteiger partial charge is 0.415 e. The minimum Gasteiger partial charge on any atom is -0.415 e. The van der Waals surface area contributed by atoms with Gasteiger partial charge in [0.25, 0.3) is 5.22 Å². The molecule has 0 radical (unpaired) electrons. The Kier molecular flexibility index (Phi) is 4.22. The molecule has 0 fully saturated rings. The van der Waals surface area contributed by atoms with Crippen LogP contribution in [0.15, 0.2) is 21.9 Å². The third-order valence-electron chi connectivity index (χ3n) is 1.87. The summed E-state index contributed by atoms with van der Waals surface area (Å²) in [6.45, 7) is 0.233. The Morgan fingerprint density at radius 2 is 2.18 bits per heavy atom. The normalized spacial score (nSPS) is 10.8. The number of nitrogens with zero attached hydrogens (tertiary/aromatic N) is 3. The summed E-state index contributed by atoms with van der Waals surface area (Å²) in [6.07, 6.45) is 1.62. The lowest BCUT2D eigenvalue weighted by Gasteiger charge is -2.01. The summed E-state index contributed by atoms with van der Waals surface area (Å²) < 4.78 is 5.24. The summed E-state index contributed by atoms with van der Waals surface area (Å²) in [5, 5.41) is 8.97. The molecule has 0 aliphatic carbocycles. The van der Waals surface area contributed by atoms with Gasteiger partial charge in [-0.2, -0.15) is 0 Å². The maximum atomic E-state index is 6.00. The smallest absolute Gasteiger partial charge is 0.276 e. The molecule has 0 saturated heterocycles. The molecule has 8 heteroatoms. The van der Waals surface area contributed by atoms with Crippen LogP contribution < -0.4 is 5.73 Å². The number of thioether (sulfide) groups is 1. The molecule has 0 atom stereocenters. The van der Waals surface area contributed by atoms with Gasteiger partial charge in [0.1, 0.15) is 5.15 Å². The first-order valence-electron chi connectivity index (χ1n) is 4.64. The zero-order valence-corrected chi connectivity index (χ0v) is 10.9. The molecule has 2 aromatic rings. The second-order valence-electron chi connectivity index (χ2n) is 3.05. The first-order chi connectivity index (χ1) is 8.19. The second kappa shape index (κ2) is 5.68. The summed E-state index contributed by atoms with van der Waals surface area (Å²) in [4.78, 5) is 3.95. The molecule has 2 heterocycles. The molecule has 0 amide bonds. The van der Waals surface area contributed by atoms with Gasteiger partial charge in [-0.1, -0.05) is 35.0 Å². The van der Waals surface area contributed by atoms with E-state index in [4.69, 9.17) is 33.4 Å². The molecule has 17 heavy (non-hydrogen) atoms. The van der Waals surface area contributed by atoms with Crippen LogP contribution in [0, 0.1) is 0 Å². The highest BCUT2D eigenvalue weighted by Gasteiger charge is 2.08. The Morgan fingerprint density at radius 1 is 1.35 bits per heavy atom. The van der Waals surface area contributed by atoms with Gasteiger partial charge in [-0.05, 0) is 11.6 Å². The average Bonchev–Trinajstić information content (AvgIpc) is 2.76. The van der Waals surface area contributed by atoms with E-state index in [1.807, 2.05) is 0 Å². The lowest BCUT2D eigenvalue weighted by Crippen LogP contribution is -1.95. The van der Waals surface area contributed by atoms with Gasteiger partial charge in [0.15, 0.2) is 0 Å². The zero-order chi connectivity index (χ0) is 12.3. The number of hydrogen-bond acceptors (Lipinski definition) is 6. The first kappa shape index (κ1) is 12.6. The van der Waals surface area contributed by atoms with E-state index in [-0.39, 0.29) is 6.54 Å². The molecule has 5 nitrogen and oxygen atoms in total. The second-order valence-corrected chi connectivity index (χ2v) is 4.77. The van der Waals surface area contributed by atoms with E-state index < -0.39 is 0 Å². The lowest BCUT2D eigenvalue weighted by molar-refractivity contribution is 0.415. The Labute approximate surface area is 112 Å². The van der Waals surface area contributed by atoms with E-state index in [1.54, 1.807) is 12.3 Å². The maximum absolute atomic E-state index is 6.00. The van der Waals surface area contributed by atoms with Gasteiger partial charge < -0.3 is 10.2 Å². The first-order valence-corrected chi connectivity index (χ1v) is 6.38. The maximum Gasteiger partial charge on any atom is 0.276 e. The average molecular weight is 291 g/mol. The van der Waals surface area contributed by atoms with Gasteiger partial charge >= 0.3 is 0 Å². The van der Waals surface area contributed by atoms with Crippen molar-refractivity contribution >= 4 is 35.0 Å². The Balaban J connectivity index is 2.02. The van der Waals surface area contributed by atoms with Crippen molar-refractivity contribution in [2.75, 3.05) is 0 Å². The lowest BCUT2D eigenvalue weighted by atomic mass is 10.3. The fourth-order valence-electron chi connectivity index (χ4n) is 1.06. The van der Waals surface area contributed by atoms with Crippen LogP contribution in [0.4, 0.5) is 0 Å². The predicted octanol–water partition coefficient (Wildman–Crippen LogP) is 2.52. The molecule has 0 aliphatic rings. The number of pyridine rings is 1. The standard InChI is InChI=1S/C9H8Cl2N4OS/c10-6-1-7(11)13-3-5(6)4-17-9-15-14-8(2-12)16-9/h1,3H,2,4,12H2. The number of hydrogen-bond donors (Lipinski definition) is 1. The van der Waals surface area contributed by atoms with E-state index >= 15 is 0 Å². The molecule has 0 saturated carbocycles. The van der Waals surface area contributed by atoms with Crippen LogP contribution >= 0.6 is 35.0 Å². The Morgan fingerprint density at radius 3 is 2.82 bits per heavy atom. The molecule has 2 N–H and O–H groups in total. The van der Waals surface area contributed by atoms with Crippen molar-refractivity contribution in [1.82, 2.24) is 15.2 Å². The van der Waals surface area contributed by atoms with E-state index in [0.29, 0.717) is 27.0 Å². The van der Waals surface area contributed by atoms with Crippen LogP contribution in [0.5, 0.6) is 0 Å². The summed E-state index contributed by atoms with van der Waals surface area (Å²) in [5.74, 6) is 0.989. The third-order valence-corrected chi connectivity index (χ3v) is 3.30. The molecular formula is C9H8Cl2N4OS. The predicted molar refractivity (Wildman–Crippen MR) is 66.0 cm³/mol. The molecule has 0 spiro atoms. The van der Waals surface area contributed by atoms with Gasteiger partial charge in [0, 0.05) is 17.0 Å². The fourth-order valence-corrected chi connectivity index (χ4v) is 2.34. The van der Waals surface area contributed by atoms with E-state index in [9.17, 15) is 0 Å². The highest BCUT2D eigenvalue weighted by molar-refractivity contribution is 7.98. The number of rotatable bonds is 4. The molecule has 0 unspecified atom stereocenters.